The van der Waals surface area contributed by atoms with Crippen molar-refractivity contribution < 1.29 is 9.21 Å². The summed E-state index contributed by atoms with van der Waals surface area (Å²) in [5, 5.41) is 5.28. The molecule has 4 heteroatoms. The zero-order chi connectivity index (χ0) is 12.4. The number of hydrogen-bond acceptors (Lipinski definition) is 3. The van der Waals surface area contributed by atoms with Crippen LogP contribution >= 0.6 is 11.3 Å². The molecule has 1 aliphatic rings. The average Bonchev–Trinajstić information content (AvgIpc) is 3.12. The van der Waals surface area contributed by atoms with E-state index in [0.29, 0.717) is 5.56 Å². The fraction of sp³-hybridized carbons (Fsp3) is 0.357. The van der Waals surface area contributed by atoms with Gasteiger partial charge in [0.1, 0.15) is 6.26 Å². The maximum Gasteiger partial charge on any atom is 0.255 e. The molecule has 0 bridgehead atoms. The lowest BCUT2D eigenvalue weighted by molar-refractivity contribution is 0.0899. The molecule has 1 amide bonds. The molecular weight excluding hydrogens is 246 g/mol. The zero-order valence-electron chi connectivity index (χ0n) is 10.0. The number of carbonyl (C=O) groups excluding carboxylic acids is 1. The molecule has 94 valence electrons. The van der Waals surface area contributed by atoms with Crippen molar-refractivity contribution in [2.75, 3.05) is 0 Å². The highest BCUT2D eigenvalue weighted by Crippen LogP contribution is 2.40. The minimum atomic E-state index is -0.164. The van der Waals surface area contributed by atoms with Crippen molar-refractivity contribution in [3.05, 3.63) is 46.5 Å². The molecule has 3 nitrogen and oxygen atoms in total. The van der Waals surface area contributed by atoms with Gasteiger partial charge in [0, 0.05) is 4.88 Å². The summed E-state index contributed by atoms with van der Waals surface area (Å²) in [6, 6.07) is 5.86. The lowest BCUT2D eigenvalue weighted by Crippen LogP contribution is -2.43. The third-order valence-electron chi connectivity index (χ3n) is 3.59. The van der Waals surface area contributed by atoms with E-state index in [1.807, 2.05) is 6.07 Å². The number of rotatable bonds is 3. The van der Waals surface area contributed by atoms with Crippen LogP contribution < -0.4 is 5.32 Å². The van der Waals surface area contributed by atoms with Crippen molar-refractivity contribution in [1.82, 2.24) is 5.32 Å². The summed E-state index contributed by atoms with van der Waals surface area (Å²) in [4.78, 5) is 13.5. The molecular formula is C14H15NO2S. The van der Waals surface area contributed by atoms with Crippen molar-refractivity contribution in [2.45, 2.75) is 31.2 Å². The molecule has 1 N–H and O–H groups in total. The Morgan fingerprint density at radius 2 is 2.17 bits per heavy atom. The number of amides is 1. The SMILES string of the molecule is O=C(NC1(c2cccs2)CCCC1)c1ccoc1. The smallest absolute Gasteiger partial charge is 0.255 e. The Bertz CT molecular complexity index is 510. The normalized spacial score (nSPS) is 17.8. The van der Waals surface area contributed by atoms with Crippen molar-refractivity contribution in [2.24, 2.45) is 0 Å². The first-order chi connectivity index (χ1) is 8.80. The van der Waals surface area contributed by atoms with Crippen molar-refractivity contribution in [3.63, 3.8) is 0 Å². The molecule has 1 fully saturated rings. The van der Waals surface area contributed by atoms with E-state index in [9.17, 15) is 4.79 Å². The first kappa shape index (κ1) is 11.5. The van der Waals surface area contributed by atoms with Crippen LogP contribution in [0.1, 0.15) is 40.9 Å². The van der Waals surface area contributed by atoms with Crippen LogP contribution in [0, 0.1) is 0 Å². The van der Waals surface area contributed by atoms with Crippen molar-refractivity contribution >= 4 is 17.2 Å². The first-order valence-corrected chi connectivity index (χ1v) is 7.07. The van der Waals surface area contributed by atoms with Crippen LogP contribution in [0.3, 0.4) is 0 Å². The first-order valence-electron chi connectivity index (χ1n) is 6.19. The monoisotopic (exact) mass is 261 g/mol. The van der Waals surface area contributed by atoms with Crippen LogP contribution in [0.5, 0.6) is 0 Å². The van der Waals surface area contributed by atoms with Crippen LogP contribution in [0.4, 0.5) is 0 Å². The van der Waals surface area contributed by atoms with Crippen LogP contribution in [-0.2, 0) is 5.54 Å². The van der Waals surface area contributed by atoms with Crippen LogP contribution in [-0.4, -0.2) is 5.91 Å². The molecule has 0 aromatic carbocycles. The predicted octanol–water partition coefficient (Wildman–Crippen LogP) is 3.54. The van der Waals surface area contributed by atoms with E-state index >= 15 is 0 Å². The minimum absolute atomic E-state index is 0.0425. The molecule has 0 atom stereocenters. The summed E-state index contributed by atoms with van der Waals surface area (Å²) in [6.45, 7) is 0. The minimum Gasteiger partial charge on any atom is -0.472 e. The average molecular weight is 261 g/mol. The Morgan fingerprint density at radius 3 is 2.78 bits per heavy atom. The second-order valence-electron chi connectivity index (χ2n) is 4.73. The Labute approximate surface area is 110 Å². The van der Waals surface area contributed by atoms with Gasteiger partial charge in [0.15, 0.2) is 0 Å². The Morgan fingerprint density at radius 1 is 1.33 bits per heavy atom. The number of furan rings is 1. The predicted molar refractivity (Wildman–Crippen MR) is 70.6 cm³/mol. The van der Waals surface area contributed by atoms with Gasteiger partial charge in [-0.2, -0.15) is 0 Å². The van der Waals surface area contributed by atoms with Gasteiger partial charge >= 0.3 is 0 Å². The van der Waals surface area contributed by atoms with Gasteiger partial charge in [-0.05, 0) is 30.4 Å². The van der Waals surface area contributed by atoms with Gasteiger partial charge in [-0.15, -0.1) is 11.3 Å². The second-order valence-corrected chi connectivity index (χ2v) is 5.68. The van der Waals surface area contributed by atoms with Crippen LogP contribution in [0.2, 0.25) is 0 Å². The molecule has 2 aromatic heterocycles. The molecule has 2 aromatic rings. The van der Waals surface area contributed by atoms with Gasteiger partial charge in [-0.25, -0.2) is 0 Å². The summed E-state index contributed by atoms with van der Waals surface area (Å²) in [5.41, 5.74) is 0.431. The van der Waals surface area contributed by atoms with E-state index in [-0.39, 0.29) is 11.4 Å². The molecule has 18 heavy (non-hydrogen) atoms. The number of nitrogens with one attached hydrogen (secondary N) is 1. The summed E-state index contributed by atoms with van der Waals surface area (Å²) in [7, 11) is 0. The highest BCUT2D eigenvalue weighted by atomic mass is 32.1. The maximum absolute atomic E-state index is 12.2. The van der Waals surface area contributed by atoms with E-state index < -0.39 is 0 Å². The van der Waals surface area contributed by atoms with Gasteiger partial charge < -0.3 is 9.73 Å². The number of thiophene rings is 1. The van der Waals surface area contributed by atoms with E-state index in [0.717, 1.165) is 12.8 Å². The van der Waals surface area contributed by atoms with Gasteiger partial charge in [-0.3, -0.25) is 4.79 Å². The Kier molecular flexibility index (Phi) is 2.96. The van der Waals surface area contributed by atoms with E-state index in [4.69, 9.17) is 4.42 Å². The summed E-state index contributed by atoms with van der Waals surface area (Å²) >= 11 is 1.72. The summed E-state index contributed by atoms with van der Waals surface area (Å²) in [6.07, 6.45) is 7.41. The molecule has 0 saturated heterocycles. The van der Waals surface area contributed by atoms with Crippen LogP contribution in [0.15, 0.2) is 40.5 Å². The third-order valence-corrected chi connectivity index (χ3v) is 4.66. The molecule has 0 aliphatic heterocycles. The van der Waals surface area contributed by atoms with Crippen molar-refractivity contribution in [3.8, 4) is 0 Å². The largest absolute Gasteiger partial charge is 0.472 e. The highest BCUT2D eigenvalue weighted by Gasteiger charge is 2.38. The summed E-state index contributed by atoms with van der Waals surface area (Å²) in [5.74, 6) is -0.0425. The molecule has 1 aliphatic carbocycles. The molecule has 0 unspecified atom stereocenters. The fourth-order valence-corrected chi connectivity index (χ4v) is 3.59. The Balaban J connectivity index is 1.85. The van der Waals surface area contributed by atoms with Gasteiger partial charge in [0.05, 0.1) is 17.4 Å². The molecule has 0 spiro atoms. The second kappa shape index (κ2) is 4.61. The van der Waals surface area contributed by atoms with E-state index in [1.54, 1.807) is 17.4 Å². The van der Waals surface area contributed by atoms with Gasteiger partial charge in [0.2, 0.25) is 0 Å². The lowest BCUT2D eigenvalue weighted by Gasteiger charge is -2.29. The topological polar surface area (TPSA) is 42.2 Å². The van der Waals surface area contributed by atoms with E-state index in [1.165, 1.54) is 30.2 Å². The van der Waals surface area contributed by atoms with E-state index in [2.05, 4.69) is 16.8 Å². The van der Waals surface area contributed by atoms with Gasteiger partial charge in [-0.1, -0.05) is 18.9 Å². The highest BCUT2D eigenvalue weighted by molar-refractivity contribution is 7.10. The molecule has 1 saturated carbocycles. The van der Waals surface area contributed by atoms with Crippen molar-refractivity contribution in [1.29, 1.82) is 0 Å². The Hall–Kier alpha value is -1.55. The molecule has 3 rings (SSSR count). The summed E-state index contributed by atoms with van der Waals surface area (Å²) < 4.78 is 4.97. The maximum atomic E-state index is 12.2. The zero-order valence-corrected chi connectivity index (χ0v) is 10.8. The number of hydrogen-bond donors (Lipinski definition) is 1. The van der Waals surface area contributed by atoms with Gasteiger partial charge in [0.25, 0.3) is 5.91 Å². The molecule has 0 radical (unpaired) electrons. The number of carbonyl (C=O) groups is 1. The standard InChI is InChI=1S/C14H15NO2S/c16-13(11-5-8-17-10-11)15-14(6-1-2-7-14)12-4-3-9-18-12/h3-5,8-10H,1-2,6-7H2,(H,15,16). The quantitative estimate of drug-likeness (QED) is 0.918. The third kappa shape index (κ3) is 1.97. The fourth-order valence-electron chi connectivity index (χ4n) is 2.65. The van der Waals surface area contributed by atoms with Crippen LogP contribution in [0.25, 0.3) is 0 Å². The molecule has 2 heterocycles. The lowest BCUT2D eigenvalue weighted by atomic mass is 9.95.